The second-order valence-corrected chi connectivity index (χ2v) is 13.6. The van der Waals surface area contributed by atoms with Crippen LogP contribution < -0.4 is 9.86 Å². The number of hydrogen-bond acceptors (Lipinski definition) is 10. The van der Waals surface area contributed by atoms with Gasteiger partial charge in [-0.1, -0.05) is 6.08 Å². The van der Waals surface area contributed by atoms with Gasteiger partial charge in [-0.25, -0.2) is 32.0 Å². The maximum Gasteiger partial charge on any atom is 0.267 e. The average Bonchev–Trinajstić information content (AvgIpc) is 3.68. The summed E-state index contributed by atoms with van der Waals surface area (Å²) in [6, 6.07) is 15.3. The van der Waals surface area contributed by atoms with E-state index in [1.54, 1.807) is 53.9 Å². The molecule has 210 valence electrons. The molecule has 1 aliphatic rings. The smallest absolute Gasteiger partial charge is 0.267 e. The summed E-state index contributed by atoms with van der Waals surface area (Å²) in [6.45, 7) is 3.93. The second-order valence-electron chi connectivity index (χ2n) is 8.42. The van der Waals surface area contributed by atoms with E-state index in [1.807, 2.05) is 0 Å². The molecule has 0 spiro atoms. The highest BCUT2D eigenvalue weighted by Crippen LogP contribution is 2.35. The minimum absolute atomic E-state index is 0.0131. The molecule has 0 saturated carbocycles. The van der Waals surface area contributed by atoms with Gasteiger partial charge in [0.05, 0.1) is 20.4 Å². The summed E-state index contributed by atoms with van der Waals surface area (Å²) in [4.78, 5) is 23.5. The first-order valence-electron chi connectivity index (χ1n) is 11.7. The number of primary sulfonamides is 1. The summed E-state index contributed by atoms with van der Waals surface area (Å²) < 4.78 is 56.5. The number of amides is 1. The van der Waals surface area contributed by atoms with Crippen LogP contribution in [-0.4, -0.2) is 44.3 Å². The molecule has 3 heterocycles. The summed E-state index contributed by atoms with van der Waals surface area (Å²) in [6.07, 6.45) is 4.67. The summed E-state index contributed by atoms with van der Waals surface area (Å²) >= 11 is 2.31. The van der Waals surface area contributed by atoms with E-state index in [0.717, 1.165) is 11.8 Å². The van der Waals surface area contributed by atoms with Crippen LogP contribution in [0.2, 0.25) is 0 Å². The minimum Gasteiger partial charge on any atom is -0.457 e. The van der Waals surface area contributed by atoms with Crippen molar-refractivity contribution in [2.24, 2.45) is 10.1 Å². The van der Waals surface area contributed by atoms with E-state index in [1.165, 1.54) is 46.7 Å². The van der Waals surface area contributed by atoms with Crippen LogP contribution in [0, 0.1) is 0 Å². The zero-order chi connectivity index (χ0) is 29.2. The first-order valence-corrected chi connectivity index (χ1v) is 16.4. The summed E-state index contributed by atoms with van der Waals surface area (Å²) in [5.41, 5.74) is 1.09. The van der Waals surface area contributed by atoms with Gasteiger partial charge in [-0.3, -0.25) is 14.4 Å². The Hall–Kier alpha value is -4.02. The van der Waals surface area contributed by atoms with Crippen LogP contribution in [-0.2, 0) is 24.8 Å². The Morgan fingerprint density at radius 1 is 1.02 bits per heavy atom. The minimum atomic E-state index is -3.81. The van der Waals surface area contributed by atoms with Crippen molar-refractivity contribution in [1.82, 2.24) is 9.88 Å². The third kappa shape index (κ3) is 6.49. The first-order chi connectivity index (χ1) is 19.5. The van der Waals surface area contributed by atoms with Crippen molar-refractivity contribution < 1.29 is 26.0 Å². The average molecular weight is 628 g/mol. The van der Waals surface area contributed by atoms with Crippen LogP contribution in [0.3, 0.4) is 0 Å². The molecule has 5 rings (SSSR count). The van der Waals surface area contributed by atoms with Crippen LogP contribution in [0.4, 0.5) is 10.8 Å². The number of amidine groups is 1. The number of thioether (sulfide) groups is 1. The van der Waals surface area contributed by atoms with Crippen molar-refractivity contribution in [1.29, 1.82) is 0 Å². The molecule has 1 aliphatic heterocycles. The molecular formula is C26H21N5O6S4. The molecule has 4 aromatic rings. The fraction of sp³-hybridized carbons (Fsp3) is 0.0385. The number of nitrogens with zero attached hydrogens (tertiary/aromatic N) is 3. The van der Waals surface area contributed by atoms with Crippen LogP contribution >= 0.6 is 23.1 Å². The van der Waals surface area contributed by atoms with Gasteiger partial charge in [0.1, 0.15) is 11.5 Å². The lowest BCUT2D eigenvalue weighted by Gasteiger charge is -2.12. The molecule has 2 aromatic carbocycles. The van der Waals surface area contributed by atoms with E-state index in [9.17, 15) is 21.6 Å². The van der Waals surface area contributed by atoms with Crippen molar-refractivity contribution >= 4 is 71.1 Å². The van der Waals surface area contributed by atoms with E-state index in [-0.39, 0.29) is 27.4 Å². The lowest BCUT2D eigenvalue weighted by molar-refractivity contribution is -0.121. The predicted molar refractivity (Wildman–Crippen MR) is 159 cm³/mol. The number of thiazole rings is 1. The molecule has 1 fully saturated rings. The van der Waals surface area contributed by atoms with Crippen molar-refractivity contribution in [3.63, 3.8) is 0 Å². The van der Waals surface area contributed by atoms with Gasteiger partial charge in [0.25, 0.3) is 15.9 Å². The first kappa shape index (κ1) is 28.5. The zero-order valence-corrected chi connectivity index (χ0v) is 24.3. The third-order valence-corrected chi connectivity index (χ3v) is 9.70. The number of nitrogens with one attached hydrogen (secondary N) is 1. The number of hydrogen-bond donors (Lipinski definition) is 2. The van der Waals surface area contributed by atoms with E-state index in [4.69, 9.17) is 9.56 Å². The monoisotopic (exact) mass is 627 g/mol. The Morgan fingerprint density at radius 3 is 2.37 bits per heavy atom. The van der Waals surface area contributed by atoms with E-state index >= 15 is 0 Å². The van der Waals surface area contributed by atoms with Gasteiger partial charge in [-0.05, 0) is 72.4 Å². The molecule has 2 aromatic heterocycles. The number of aliphatic imine (C=N–C) groups is 1. The van der Waals surface area contributed by atoms with Gasteiger partial charge in [-0.2, -0.15) is 0 Å². The van der Waals surface area contributed by atoms with Gasteiger partial charge in [0.2, 0.25) is 10.0 Å². The molecule has 0 radical (unpaired) electrons. The Kier molecular flexibility index (Phi) is 7.97. The number of furan rings is 1. The number of aromatic nitrogens is 1. The largest absolute Gasteiger partial charge is 0.457 e. The Labute approximate surface area is 244 Å². The van der Waals surface area contributed by atoms with Gasteiger partial charge < -0.3 is 4.42 Å². The SMILES string of the molecule is C=CCN1C(=O)/C(=C/c2ccc(-c3ccc(S(N)(=O)=O)cc3)o2)SC1=Nc1ccc(S(=O)(=O)Nc2nccs2)cc1. The predicted octanol–water partition coefficient (Wildman–Crippen LogP) is 4.64. The van der Waals surface area contributed by atoms with Gasteiger partial charge in [0.15, 0.2) is 10.3 Å². The van der Waals surface area contributed by atoms with Crippen molar-refractivity contribution in [3.05, 3.63) is 95.6 Å². The quantitative estimate of drug-likeness (QED) is 0.200. The van der Waals surface area contributed by atoms with Crippen LogP contribution in [0.15, 0.2) is 109 Å². The van der Waals surface area contributed by atoms with Gasteiger partial charge >= 0.3 is 0 Å². The van der Waals surface area contributed by atoms with Crippen molar-refractivity contribution in [2.45, 2.75) is 9.79 Å². The van der Waals surface area contributed by atoms with E-state index in [0.29, 0.717) is 32.8 Å². The molecule has 41 heavy (non-hydrogen) atoms. The third-order valence-electron chi connectivity index (χ3n) is 5.59. The molecule has 0 bridgehead atoms. The maximum atomic E-state index is 13.2. The summed E-state index contributed by atoms with van der Waals surface area (Å²) in [5.74, 6) is 0.592. The van der Waals surface area contributed by atoms with E-state index in [2.05, 4.69) is 21.3 Å². The zero-order valence-electron chi connectivity index (χ0n) is 21.0. The summed E-state index contributed by atoms with van der Waals surface area (Å²) in [7, 11) is -7.62. The number of carbonyl (C=O) groups is 1. The van der Waals surface area contributed by atoms with E-state index < -0.39 is 20.0 Å². The lowest BCUT2D eigenvalue weighted by Crippen LogP contribution is -2.29. The molecule has 3 N–H and O–H groups in total. The van der Waals surface area contributed by atoms with Crippen molar-refractivity contribution in [3.8, 4) is 11.3 Å². The number of rotatable bonds is 9. The number of sulfonamides is 2. The number of nitrogens with two attached hydrogens (primary N) is 1. The van der Waals surface area contributed by atoms with Gasteiger partial charge in [0, 0.05) is 29.8 Å². The number of carbonyl (C=O) groups excluding carboxylic acids is 1. The summed E-state index contributed by atoms with van der Waals surface area (Å²) in [5, 5.41) is 7.47. The van der Waals surface area contributed by atoms with Crippen molar-refractivity contribution in [2.75, 3.05) is 11.3 Å². The molecule has 15 heteroatoms. The normalized spacial score (nSPS) is 16.0. The number of anilines is 1. The highest BCUT2D eigenvalue weighted by atomic mass is 32.2. The standard InChI is InChI=1S/C26H21N5O6S4/c1-2-14-31-24(32)23(16-19-7-12-22(37-19)17-3-8-20(9-4-17)40(27,33)34)39-26(31)29-18-5-10-21(11-6-18)41(35,36)30-25-28-13-15-38-25/h2-13,15-16H,1,14H2,(H,28,30)(H2,27,33,34)/b23-16-,29-26?. The molecule has 0 aliphatic carbocycles. The highest BCUT2D eigenvalue weighted by molar-refractivity contribution is 8.18. The topological polar surface area (TPSA) is 165 Å². The molecular weight excluding hydrogens is 607 g/mol. The molecule has 0 unspecified atom stereocenters. The van der Waals surface area contributed by atoms with Gasteiger partial charge in [-0.15, -0.1) is 17.9 Å². The van der Waals surface area contributed by atoms with Crippen LogP contribution in [0.5, 0.6) is 0 Å². The Bertz CT molecular complexity index is 1880. The molecule has 11 nitrogen and oxygen atoms in total. The Balaban J connectivity index is 1.36. The fourth-order valence-corrected chi connectivity index (χ4v) is 6.96. The Morgan fingerprint density at radius 2 is 1.73 bits per heavy atom. The lowest BCUT2D eigenvalue weighted by atomic mass is 10.2. The molecule has 1 amide bonds. The highest BCUT2D eigenvalue weighted by Gasteiger charge is 2.33. The molecule has 0 atom stereocenters. The van der Waals surface area contributed by atoms with Crippen LogP contribution in [0.1, 0.15) is 5.76 Å². The van der Waals surface area contributed by atoms with Crippen LogP contribution in [0.25, 0.3) is 17.4 Å². The molecule has 1 saturated heterocycles. The maximum absolute atomic E-state index is 13.2. The second kappa shape index (κ2) is 11.5. The fourth-order valence-electron chi connectivity index (χ4n) is 3.66. The number of benzene rings is 2.